The molecule has 1 N–H and O–H groups in total. The molecule has 4 heteroatoms. The Balaban J connectivity index is 2.26. The Morgan fingerprint density at radius 3 is 2.76 bits per heavy atom. The summed E-state index contributed by atoms with van der Waals surface area (Å²) in [6, 6.07) is 10.9. The van der Waals surface area contributed by atoms with Gasteiger partial charge >= 0.3 is 5.97 Å². The summed E-state index contributed by atoms with van der Waals surface area (Å²) < 4.78 is 1.75. The van der Waals surface area contributed by atoms with Gasteiger partial charge in [-0.25, -0.2) is 4.79 Å². The largest absolute Gasteiger partial charge is 0.478 e. The van der Waals surface area contributed by atoms with Gasteiger partial charge in [0.05, 0.1) is 17.2 Å². The van der Waals surface area contributed by atoms with Gasteiger partial charge in [-0.2, -0.15) is 5.26 Å². The van der Waals surface area contributed by atoms with Crippen molar-refractivity contribution in [3.05, 3.63) is 59.4 Å². The van der Waals surface area contributed by atoms with Crippen molar-refractivity contribution in [2.75, 3.05) is 0 Å². The topological polar surface area (TPSA) is 66.0 Å². The van der Waals surface area contributed by atoms with Gasteiger partial charge in [0.15, 0.2) is 0 Å². The van der Waals surface area contributed by atoms with Gasteiger partial charge < -0.3 is 9.67 Å². The van der Waals surface area contributed by atoms with E-state index in [1.54, 1.807) is 29.1 Å². The number of aromatic carboxylic acids is 1. The van der Waals surface area contributed by atoms with Gasteiger partial charge in [-0.3, -0.25) is 0 Å². The van der Waals surface area contributed by atoms with E-state index in [0.717, 1.165) is 5.56 Å². The summed E-state index contributed by atoms with van der Waals surface area (Å²) in [5.41, 5.74) is 1.74. The molecule has 0 atom stereocenters. The lowest BCUT2D eigenvalue weighted by Gasteiger charge is -2.04. The molecule has 2 rings (SSSR count). The predicted molar refractivity (Wildman–Crippen MR) is 61.7 cm³/mol. The first-order valence-electron chi connectivity index (χ1n) is 5.08. The summed E-state index contributed by atoms with van der Waals surface area (Å²) in [4.78, 5) is 10.7. The third kappa shape index (κ3) is 2.34. The zero-order chi connectivity index (χ0) is 12.3. The zero-order valence-corrected chi connectivity index (χ0v) is 9.00. The first-order chi connectivity index (χ1) is 8.20. The van der Waals surface area contributed by atoms with Crippen LogP contribution in [-0.4, -0.2) is 15.6 Å². The molecule has 0 saturated heterocycles. The number of hydrogen-bond acceptors (Lipinski definition) is 2. The van der Waals surface area contributed by atoms with Gasteiger partial charge in [-0.1, -0.05) is 18.2 Å². The van der Waals surface area contributed by atoms with Crippen LogP contribution in [-0.2, 0) is 6.54 Å². The molecule has 0 spiro atoms. The van der Waals surface area contributed by atoms with Crippen LogP contribution in [0.3, 0.4) is 0 Å². The fraction of sp³-hybridized carbons (Fsp3) is 0.0769. The van der Waals surface area contributed by atoms with Crippen LogP contribution in [0.15, 0.2) is 42.7 Å². The van der Waals surface area contributed by atoms with Crippen molar-refractivity contribution in [2.24, 2.45) is 0 Å². The summed E-state index contributed by atoms with van der Waals surface area (Å²) in [6.45, 7) is 0.497. The molecule has 4 nitrogen and oxygen atoms in total. The lowest BCUT2D eigenvalue weighted by Crippen LogP contribution is -2.00. The molecule has 0 unspecified atom stereocenters. The fourth-order valence-electron chi connectivity index (χ4n) is 1.63. The number of rotatable bonds is 3. The van der Waals surface area contributed by atoms with E-state index >= 15 is 0 Å². The Kier molecular flexibility index (Phi) is 2.93. The second-order valence-electron chi connectivity index (χ2n) is 3.65. The summed E-state index contributed by atoms with van der Waals surface area (Å²) in [5.74, 6) is -0.947. The maximum atomic E-state index is 10.7. The average Bonchev–Trinajstić information content (AvgIpc) is 2.78. The van der Waals surface area contributed by atoms with E-state index in [2.05, 4.69) is 6.07 Å². The maximum absolute atomic E-state index is 10.7. The van der Waals surface area contributed by atoms with Crippen LogP contribution in [0.5, 0.6) is 0 Å². The Morgan fingerprint density at radius 2 is 2.12 bits per heavy atom. The Hall–Kier alpha value is -2.54. The molecule has 0 radical (unpaired) electrons. The molecule has 1 aromatic heterocycles. The first-order valence-corrected chi connectivity index (χ1v) is 5.08. The van der Waals surface area contributed by atoms with Crippen molar-refractivity contribution < 1.29 is 9.90 Å². The smallest absolute Gasteiger partial charge is 0.337 e. The molecule has 0 aliphatic heterocycles. The Labute approximate surface area is 98.4 Å². The van der Waals surface area contributed by atoms with Crippen LogP contribution in [0.4, 0.5) is 0 Å². The molecule has 17 heavy (non-hydrogen) atoms. The first kappa shape index (κ1) is 11.0. The summed E-state index contributed by atoms with van der Waals surface area (Å²) >= 11 is 0. The molecule has 1 aromatic carbocycles. The van der Waals surface area contributed by atoms with Crippen LogP contribution in [0.1, 0.15) is 21.5 Å². The highest BCUT2D eigenvalue weighted by atomic mass is 16.4. The predicted octanol–water partition coefficient (Wildman–Crippen LogP) is 2.11. The van der Waals surface area contributed by atoms with E-state index in [0.29, 0.717) is 12.1 Å². The normalized spacial score (nSPS) is 9.82. The van der Waals surface area contributed by atoms with Crippen LogP contribution >= 0.6 is 0 Å². The minimum Gasteiger partial charge on any atom is -0.478 e. The Morgan fingerprint density at radius 1 is 1.35 bits per heavy atom. The summed E-state index contributed by atoms with van der Waals surface area (Å²) in [6.07, 6.45) is 3.24. The SMILES string of the molecule is N#Cc1ccccc1Cn1ccc(C(=O)O)c1. The highest BCUT2D eigenvalue weighted by Gasteiger charge is 2.06. The van der Waals surface area contributed by atoms with Crippen LogP contribution in [0.25, 0.3) is 0 Å². The third-order valence-electron chi connectivity index (χ3n) is 2.49. The molecule has 0 bridgehead atoms. The lowest BCUT2D eigenvalue weighted by molar-refractivity contribution is 0.0697. The van der Waals surface area contributed by atoms with E-state index in [1.807, 2.05) is 12.1 Å². The van der Waals surface area contributed by atoms with E-state index < -0.39 is 5.97 Å². The minimum atomic E-state index is -0.947. The van der Waals surface area contributed by atoms with Gasteiger partial charge in [0.25, 0.3) is 0 Å². The average molecular weight is 226 g/mol. The molecular formula is C13H10N2O2. The van der Waals surface area contributed by atoms with Gasteiger partial charge in [-0.15, -0.1) is 0 Å². The molecule has 0 fully saturated rings. The van der Waals surface area contributed by atoms with Crippen LogP contribution in [0, 0.1) is 11.3 Å². The second kappa shape index (κ2) is 4.54. The van der Waals surface area contributed by atoms with E-state index in [1.165, 1.54) is 6.07 Å². The minimum absolute atomic E-state index is 0.249. The molecule has 0 aliphatic carbocycles. The number of hydrogen-bond donors (Lipinski definition) is 1. The van der Waals surface area contributed by atoms with Crippen molar-refractivity contribution in [3.8, 4) is 6.07 Å². The van der Waals surface area contributed by atoms with Crippen molar-refractivity contribution in [3.63, 3.8) is 0 Å². The van der Waals surface area contributed by atoms with Gasteiger partial charge in [-0.05, 0) is 17.7 Å². The molecule has 0 amide bonds. The molecule has 0 saturated carbocycles. The van der Waals surface area contributed by atoms with E-state index in [4.69, 9.17) is 10.4 Å². The van der Waals surface area contributed by atoms with Crippen molar-refractivity contribution >= 4 is 5.97 Å². The lowest BCUT2D eigenvalue weighted by atomic mass is 10.1. The highest BCUT2D eigenvalue weighted by Crippen LogP contribution is 2.11. The van der Waals surface area contributed by atoms with E-state index in [-0.39, 0.29) is 5.56 Å². The Bertz CT molecular complexity index is 593. The van der Waals surface area contributed by atoms with E-state index in [9.17, 15) is 4.79 Å². The molecule has 84 valence electrons. The fourth-order valence-corrected chi connectivity index (χ4v) is 1.63. The zero-order valence-electron chi connectivity index (χ0n) is 9.00. The molecule has 1 heterocycles. The quantitative estimate of drug-likeness (QED) is 0.871. The number of nitriles is 1. The van der Waals surface area contributed by atoms with Gasteiger partial charge in [0.2, 0.25) is 0 Å². The summed E-state index contributed by atoms with van der Waals surface area (Å²) in [7, 11) is 0. The van der Waals surface area contributed by atoms with Crippen molar-refractivity contribution in [1.82, 2.24) is 4.57 Å². The number of benzene rings is 1. The number of aromatic nitrogens is 1. The second-order valence-corrected chi connectivity index (χ2v) is 3.65. The number of carbonyl (C=O) groups is 1. The molecular weight excluding hydrogens is 216 g/mol. The monoisotopic (exact) mass is 226 g/mol. The molecule has 2 aromatic rings. The molecule has 0 aliphatic rings. The number of nitrogens with zero attached hydrogens (tertiary/aromatic N) is 2. The summed E-state index contributed by atoms with van der Waals surface area (Å²) in [5, 5.41) is 17.7. The standard InChI is InChI=1S/C13H10N2O2/c14-7-10-3-1-2-4-11(10)8-15-6-5-12(9-15)13(16)17/h1-6,9H,8H2,(H,16,17). The van der Waals surface area contributed by atoms with Crippen LogP contribution < -0.4 is 0 Å². The third-order valence-corrected chi connectivity index (χ3v) is 2.49. The van der Waals surface area contributed by atoms with Crippen molar-refractivity contribution in [2.45, 2.75) is 6.54 Å². The highest BCUT2D eigenvalue weighted by molar-refractivity contribution is 5.87. The number of carboxylic acids is 1. The van der Waals surface area contributed by atoms with Crippen molar-refractivity contribution in [1.29, 1.82) is 5.26 Å². The van der Waals surface area contributed by atoms with Crippen LogP contribution in [0.2, 0.25) is 0 Å². The maximum Gasteiger partial charge on any atom is 0.337 e. The van der Waals surface area contributed by atoms with Gasteiger partial charge in [0, 0.05) is 18.9 Å². The number of carboxylic acid groups (broad SMARTS) is 1. The van der Waals surface area contributed by atoms with Gasteiger partial charge in [0.1, 0.15) is 0 Å².